The third-order valence-electron chi connectivity index (χ3n) is 8.77. The van der Waals surface area contributed by atoms with Crippen molar-refractivity contribution in [2.75, 3.05) is 39.8 Å². The molecule has 270 valence electrons. The van der Waals surface area contributed by atoms with Crippen molar-refractivity contribution in [3.8, 4) is 11.5 Å². The number of hydrogen-bond acceptors (Lipinski definition) is 7. The summed E-state index contributed by atoms with van der Waals surface area (Å²) in [5.74, 6) is 1.84. The number of likely N-dealkylation sites (N-methyl/N-ethyl adjacent to an activating group) is 1. The van der Waals surface area contributed by atoms with E-state index in [2.05, 4.69) is 102 Å². The van der Waals surface area contributed by atoms with E-state index in [-0.39, 0.29) is 39.4 Å². The summed E-state index contributed by atoms with van der Waals surface area (Å²) in [5.41, 5.74) is 4.82. The average molecular weight is 717 g/mol. The van der Waals surface area contributed by atoms with Crippen LogP contribution in [0.1, 0.15) is 110 Å². The number of aromatic hydroxyl groups is 2. The number of carbonyl (C=O) groups is 1. The van der Waals surface area contributed by atoms with E-state index < -0.39 is 11.7 Å². The van der Waals surface area contributed by atoms with Gasteiger partial charge in [0.2, 0.25) is 0 Å². The van der Waals surface area contributed by atoms with E-state index in [9.17, 15) is 10.2 Å². The SMILES string of the molecule is C[N+]1=C2N(CCN2Cc2cc(C(C)(C)C)cc(C=NCC(C)(C)N=Cc3cc(C(C)(C)C)cc(C(C)(C)C)c3O)c2O)CC1.O=C(O)O.[Cr]. The third-order valence-corrected chi connectivity index (χ3v) is 8.77. The summed E-state index contributed by atoms with van der Waals surface area (Å²) < 4.78 is 2.31. The molecule has 0 aromatic heterocycles. The van der Waals surface area contributed by atoms with Gasteiger partial charge in [-0.15, -0.1) is 0 Å². The number of guanidine groups is 1. The fourth-order valence-corrected chi connectivity index (χ4v) is 5.85. The molecule has 0 unspecified atom stereocenters. The van der Waals surface area contributed by atoms with E-state index in [4.69, 9.17) is 25.0 Å². The fourth-order valence-electron chi connectivity index (χ4n) is 5.85. The summed E-state index contributed by atoms with van der Waals surface area (Å²) in [7, 11) is 2.15. The summed E-state index contributed by atoms with van der Waals surface area (Å²) >= 11 is 0. The molecule has 11 heteroatoms. The smallest absolute Gasteiger partial charge is 0.503 e. The number of carboxylic acid groups (broad SMARTS) is 2. The molecule has 10 nitrogen and oxygen atoms in total. The molecule has 2 aromatic carbocycles. The van der Waals surface area contributed by atoms with Crippen molar-refractivity contribution in [3.63, 3.8) is 0 Å². The molecule has 2 aliphatic rings. The predicted octanol–water partition coefficient (Wildman–Crippen LogP) is 6.66. The molecule has 4 N–H and O–H groups in total. The Labute approximate surface area is 304 Å². The summed E-state index contributed by atoms with van der Waals surface area (Å²) in [6, 6.07) is 8.39. The average Bonchev–Trinajstić information content (AvgIpc) is 3.50. The van der Waals surface area contributed by atoms with Gasteiger partial charge in [-0.25, -0.2) is 4.79 Å². The number of phenols is 2. The third kappa shape index (κ3) is 11.0. The Hall–Kier alpha value is -3.55. The van der Waals surface area contributed by atoms with Crippen LogP contribution in [0.15, 0.2) is 34.3 Å². The summed E-state index contributed by atoms with van der Waals surface area (Å²) in [5, 5.41) is 36.6. The predicted molar refractivity (Wildman–Crippen MR) is 195 cm³/mol. The van der Waals surface area contributed by atoms with Crippen molar-refractivity contribution in [2.24, 2.45) is 9.98 Å². The van der Waals surface area contributed by atoms with Gasteiger partial charge in [0.05, 0.1) is 51.9 Å². The van der Waals surface area contributed by atoms with Crippen LogP contribution in [0.5, 0.6) is 11.5 Å². The number of hydrogen-bond donors (Lipinski definition) is 4. The number of nitrogens with zero attached hydrogens (tertiary/aromatic N) is 5. The Morgan fingerprint density at radius 2 is 1.33 bits per heavy atom. The molecule has 0 bridgehead atoms. The first kappa shape index (κ1) is 41.6. The van der Waals surface area contributed by atoms with Gasteiger partial charge in [0, 0.05) is 52.0 Å². The molecule has 1 saturated heterocycles. The Balaban J connectivity index is 0.00000158. The molecule has 0 saturated carbocycles. The van der Waals surface area contributed by atoms with Crippen LogP contribution >= 0.6 is 0 Å². The Bertz CT molecular complexity index is 1590. The van der Waals surface area contributed by atoms with Crippen LogP contribution in [-0.2, 0) is 40.2 Å². The summed E-state index contributed by atoms with van der Waals surface area (Å²) in [6.07, 6.45) is 1.76. The standard InChI is InChI=1S/C37H55N5O2.CH2O3.Cr/c1-34(2,3)28-17-25(31(43)27(19-28)23-42-16-15-41-14-13-40(12)33(41)42)21-38-24-37(10,11)39-22-26-18-29(35(4,5)6)20-30(32(26)44)36(7,8)9;2-1(3)4;/h17-22H,13-16,23-24H2,1-12H3,(H-,38,39,43,44);(H2,2,3,4);/p+1. The van der Waals surface area contributed by atoms with Crippen LogP contribution in [0.2, 0.25) is 0 Å². The van der Waals surface area contributed by atoms with Gasteiger partial charge >= 0.3 is 12.1 Å². The second-order valence-corrected chi connectivity index (χ2v) is 16.7. The monoisotopic (exact) mass is 716 g/mol. The second-order valence-electron chi connectivity index (χ2n) is 16.7. The minimum atomic E-state index is -1.83. The van der Waals surface area contributed by atoms with Crippen molar-refractivity contribution < 1.29 is 47.2 Å². The molecule has 4 rings (SSSR count). The van der Waals surface area contributed by atoms with Gasteiger partial charge in [-0.2, -0.15) is 0 Å². The fraction of sp³-hybridized carbons (Fsp3) is 0.579. The van der Waals surface area contributed by atoms with Gasteiger partial charge in [0.15, 0.2) is 0 Å². The van der Waals surface area contributed by atoms with Gasteiger partial charge in [0.1, 0.15) is 11.5 Å². The van der Waals surface area contributed by atoms with E-state index in [0.29, 0.717) is 18.8 Å². The van der Waals surface area contributed by atoms with E-state index >= 15 is 0 Å². The molecule has 0 atom stereocenters. The van der Waals surface area contributed by atoms with Gasteiger partial charge in [0.25, 0.3) is 0 Å². The first-order valence-corrected chi connectivity index (χ1v) is 16.7. The maximum atomic E-state index is 11.4. The van der Waals surface area contributed by atoms with Gasteiger partial charge in [-0.05, 0) is 59.4 Å². The van der Waals surface area contributed by atoms with Crippen molar-refractivity contribution in [3.05, 3.63) is 57.6 Å². The molecule has 0 spiro atoms. The second kappa shape index (κ2) is 15.6. The maximum absolute atomic E-state index is 11.4. The molecule has 0 amide bonds. The first-order chi connectivity index (χ1) is 21.9. The summed E-state index contributed by atoms with van der Waals surface area (Å²) in [6.45, 7) is 28.8. The van der Waals surface area contributed by atoms with Crippen molar-refractivity contribution in [1.29, 1.82) is 0 Å². The number of fused-ring (bicyclic) bond motifs is 1. The van der Waals surface area contributed by atoms with Crippen molar-refractivity contribution in [1.82, 2.24) is 9.80 Å². The Morgan fingerprint density at radius 1 is 0.796 bits per heavy atom. The largest absolute Gasteiger partial charge is 0.507 e. The zero-order valence-electron chi connectivity index (χ0n) is 31.5. The van der Waals surface area contributed by atoms with Crippen LogP contribution in [0.3, 0.4) is 0 Å². The number of phenolic OH excluding ortho intramolecular Hbond substituents is 2. The van der Waals surface area contributed by atoms with Gasteiger partial charge in [-0.3, -0.25) is 24.4 Å². The quantitative estimate of drug-likeness (QED) is 0.186. The van der Waals surface area contributed by atoms with E-state index in [1.807, 2.05) is 19.9 Å². The zero-order valence-corrected chi connectivity index (χ0v) is 32.8. The van der Waals surface area contributed by atoms with Crippen LogP contribution in [-0.4, -0.2) is 105 Å². The molecule has 2 heterocycles. The topological polar surface area (TPSA) is 132 Å². The molecule has 2 aliphatic heterocycles. The van der Waals surface area contributed by atoms with Crippen molar-refractivity contribution in [2.45, 2.75) is 104 Å². The Morgan fingerprint density at radius 3 is 1.86 bits per heavy atom. The Kier molecular flexibility index (Phi) is 13.2. The number of aliphatic imine (C=N–C) groups is 2. The van der Waals surface area contributed by atoms with Gasteiger partial charge < -0.3 is 20.4 Å². The normalized spacial score (nSPS) is 15.5. The molecule has 49 heavy (non-hydrogen) atoms. The van der Waals surface area contributed by atoms with Crippen LogP contribution in [0.4, 0.5) is 4.79 Å². The van der Waals surface area contributed by atoms with E-state index in [1.54, 1.807) is 12.4 Å². The molecule has 2 aromatic rings. The molecular formula is C38H58CrN5O5+. The molecule has 1 fully saturated rings. The number of benzene rings is 2. The van der Waals surface area contributed by atoms with Gasteiger partial charge in [-0.1, -0.05) is 68.4 Å². The van der Waals surface area contributed by atoms with Crippen molar-refractivity contribution >= 4 is 24.5 Å². The van der Waals surface area contributed by atoms with Crippen LogP contribution in [0.25, 0.3) is 0 Å². The number of rotatable bonds is 7. The zero-order chi connectivity index (χ0) is 36.4. The first-order valence-electron chi connectivity index (χ1n) is 16.7. The van der Waals surface area contributed by atoms with Crippen LogP contribution < -0.4 is 0 Å². The van der Waals surface area contributed by atoms with E-state index in [0.717, 1.165) is 48.4 Å². The minimum absolute atomic E-state index is 0. The molecule has 0 radical (unpaired) electrons. The molecule has 0 aliphatic carbocycles. The minimum Gasteiger partial charge on any atom is -0.507 e. The maximum Gasteiger partial charge on any atom is 0.503 e. The van der Waals surface area contributed by atoms with Crippen LogP contribution in [0, 0.1) is 0 Å². The van der Waals surface area contributed by atoms with E-state index in [1.165, 1.54) is 17.1 Å². The molecular weight excluding hydrogens is 658 g/mol. The summed E-state index contributed by atoms with van der Waals surface area (Å²) in [4.78, 5) is 23.0.